The van der Waals surface area contributed by atoms with Crippen LogP contribution >= 0.6 is 0 Å². The van der Waals surface area contributed by atoms with Crippen molar-refractivity contribution in [2.45, 2.75) is 38.7 Å². The number of methoxy groups -OCH3 is 1. The van der Waals surface area contributed by atoms with Gasteiger partial charge in [-0.1, -0.05) is 12.8 Å². The molecule has 1 aromatic heterocycles. The zero-order valence-electron chi connectivity index (χ0n) is 11.0. The zero-order valence-corrected chi connectivity index (χ0v) is 11.0. The molecule has 0 saturated heterocycles. The van der Waals surface area contributed by atoms with Crippen LogP contribution in [0.4, 0.5) is 5.82 Å². The summed E-state index contributed by atoms with van der Waals surface area (Å²) in [5, 5.41) is 13.2. The summed E-state index contributed by atoms with van der Waals surface area (Å²) in [7, 11) is 1.59. The van der Waals surface area contributed by atoms with Gasteiger partial charge in [0.25, 0.3) is 0 Å². The van der Waals surface area contributed by atoms with Crippen molar-refractivity contribution in [3.8, 4) is 5.88 Å². The van der Waals surface area contributed by atoms with E-state index < -0.39 is 0 Å². The lowest BCUT2D eigenvalue weighted by Gasteiger charge is -2.27. The molecule has 5 heteroatoms. The van der Waals surface area contributed by atoms with Gasteiger partial charge in [-0.2, -0.15) is 4.98 Å². The van der Waals surface area contributed by atoms with Crippen LogP contribution in [0.15, 0.2) is 6.07 Å². The molecule has 1 aliphatic rings. The first-order chi connectivity index (χ1) is 8.69. The van der Waals surface area contributed by atoms with Crippen LogP contribution in [0, 0.1) is 12.8 Å². The molecule has 0 aromatic carbocycles. The smallest absolute Gasteiger partial charge is 0.218 e. The van der Waals surface area contributed by atoms with E-state index >= 15 is 0 Å². The molecule has 0 radical (unpaired) electrons. The fraction of sp³-hybridized carbons (Fsp3) is 0.692. The number of nitrogens with zero attached hydrogens (tertiary/aromatic N) is 2. The van der Waals surface area contributed by atoms with Crippen LogP contribution in [0.5, 0.6) is 5.88 Å². The monoisotopic (exact) mass is 251 g/mol. The number of hydrogen-bond donors (Lipinski definition) is 2. The van der Waals surface area contributed by atoms with Gasteiger partial charge >= 0.3 is 0 Å². The van der Waals surface area contributed by atoms with Crippen molar-refractivity contribution in [1.82, 2.24) is 9.97 Å². The molecule has 18 heavy (non-hydrogen) atoms. The molecular weight excluding hydrogens is 230 g/mol. The first-order valence-corrected chi connectivity index (χ1v) is 6.50. The Morgan fingerprint density at radius 3 is 2.89 bits per heavy atom. The minimum Gasteiger partial charge on any atom is -0.481 e. The molecule has 0 spiro atoms. The van der Waals surface area contributed by atoms with E-state index in [0.717, 1.165) is 31.6 Å². The van der Waals surface area contributed by atoms with Crippen molar-refractivity contribution in [2.75, 3.05) is 19.0 Å². The quantitative estimate of drug-likeness (QED) is 0.853. The number of aliphatic hydroxyl groups is 1. The van der Waals surface area contributed by atoms with E-state index in [0.29, 0.717) is 17.6 Å². The predicted octanol–water partition coefficient (Wildman–Crippen LogP) is 1.76. The normalized spacial score (nSPS) is 23.7. The molecule has 2 unspecified atom stereocenters. The molecule has 0 amide bonds. The van der Waals surface area contributed by atoms with Gasteiger partial charge in [0.15, 0.2) is 0 Å². The first kappa shape index (κ1) is 13.1. The maximum Gasteiger partial charge on any atom is 0.218 e. The highest BCUT2D eigenvalue weighted by atomic mass is 16.5. The number of anilines is 1. The lowest BCUT2D eigenvalue weighted by Crippen LogP contribution is -2.30. The Bertz CT molecular complexity index is 398. The fourth-order valence-electron chi connectivity index (χ4n) is 2.40. The van der Waals surface area contributed by atoms with Gasteiger partial charge in [-0.25, -0.2) is 4.98 Å². The molecule has 5 nitrogen and oxygen atoms in total. The number of rotatable bonds is 4. The van der Waals surface area contributed by atoms with Gasteiger partial charge in [-0.05, 0) is 19.8 Å². The molecule has 100 valence electrons. The van der Waals surface area contributed by atoms with Crippen LogP contribution in [-0.2, 0) is 0 Å². The average Bonchev–Trinajstić information content (AvgIpc) is 2.37. The van der Waals surface area contributed by atoms with Crippen LogP contribution in [0.2, 0.25) is 0 Å². The van der Waals surface area contributed by atoms with Gasteiger partial charge in [0.05, 0.1) is 13.2 Å². The summed E-state index contributed by atoms with van der Waals surface area (Å²) in [4.78, 5) is 8.45. The minimum absolute atomic E-state index is 0.184. The summed E-state index contributed by atoms with van der Waals surface area (Å²) in [5.74, 6) is 2.33. The maximum atomic E-state index is 9.90. The maximum absolute atomic E-state index is 9.90. The summed E-state index contributed by atoms with van der Waals surface area (Å²) in [6.45, 7) is 2.59. The van der Waals surface area contributed by atoms with Crippen molar-refractivity contribution < 1.29 is 9.84 Å². The Balaban J connectivity index is 1.94. The van der Waals surface area contributed by atoms with Crippen LogP contribution in [-0.4, -0.2) is 34.8 Å². The summed E-state index contributed by atoms with van der Waals surface area (Å²) in [6, 6.07) is 1.78. The zero-order chi connectivity index (χ0) is 13.0. The van der Waals surface area contributed by atoms with E-state index in [1.165, 1.54) is 6.42 Å². The molecule has 1 heterocycles. The molecule has 2 N–H and O–H groups in total. The Hall–Kier alpha value is -1.36. The second-order valence-electron chi connectivity index (χ2n) is 4.84. The highest BCUT2D eigenvalue weighted by Gasteiger charge is 2.22. The van der Waals surface area contributed by atoms with Gasteiger partial charge < -0.3 is 15.2 Å². The van der Waals surface area contributed by atoms with Gasteiger partial charge in [0.1, 0.15) is 11.6 Å². The highest BCUT2D eigenvalue weighted by Crippen LogP contribution is 2.24. The van der Waals surface area contributed by atoms with E-state index in [1.807, 2.05) is 6.92 Å². The van der Waals surface area contributed by atoms with Crippen molar-refractivity contribution in [3.63, 3.8) is 0 Å². The third-order valence-corrected chi connectivity index (χ3v) is 3.44. The largest absolute Gasteiger partial charge is 0.481 e. The minimum atomic E-state index is -0.184. The number of ether oxygens (including phenoxy) is 1. The summed E-state index contributed by atoms with van der Waals surface area (Å²) >= 11 is 0. The SMILES string of the molecule is COc1cc(NCC2CCCCC2O)nc(C)n1. The Morgan fingerprint density at radius 1 is 1.39 bits per heavy atom. The van der Waals surface area contributed by atoms with E-state index in [2.05, 4.69) is 15.3 Å². The lowest BCUT2D eigenvalue weighted by atomic mass is 9.86. The van der Waals surface area contributed by atoms with Crippen LogP contribution in [0.1, 0.15) is 31.5 Å². The standard InChI is InChI=1S/C13H21N3O2/c1-9-15-12(7-13(16-9)18-2)14-8-10-5-3-4-6-11(10)17/h7,10-11,17H,3-6,8H2,1-2H3,(H,14,15,16). The van der Waals surface area contributed by atoms with Crippen molar-refractivity contribution >= 4 is 5.82 Å². The van der Waals surface area contributed by atoms with Gasteiger partial charge in [-0.15, -0.1) is 0 Å². The van der Waals surface area contributed by atoms with Crippen LogP contribution in [0.3, 0.4) is 0 Å². The third kappa shape index (κ3) is 3.32. The van der Waals surface area contributed by atoms with Gasteiger partial charge in [0.2, 0.25) is 5.88 Å². The molecule has 1 aliphatic carbocycles. The Labute approximate surface area is 108 Å². The number of aliphatic hydroxyl groups excluding tert-OH is 1. The second-order valence-corrected chi connectivity index (χ2v) is 4.84. The topological polar surface area (TPSA) is 67.3 Å². The molecule has 0 bridgehead atoms. The summed E-state index contributed by atoms with van der Waals surface area (Å²) < 4.78 is 5.11. The molecule has 0 aliphatic heterocycles. The van der Waals surface area contributed by atoms with Gasteiger partial charge in [0, 0.05) is 18.5 Å². The summed E-state index contributed by atoms with van der Waals surface area (Å²) in [6.07, 6.45) is 4.15. The van der Waals surface area contributed by atoms with Crippen LogP contribution < -0.4 is 10.1 Å². The lowest BCUT2D eigenvalue weighted by molar-refractivity contribution is 0.0763. The second kappa shape index (κ2) is 6.00. The van der Waals surface area contributed by atoms with E-state index in [1.54, 1.807) is 13.2 Å². The number of aromatic nitrogens is 2. The highest BCUT2D eigenvalue weighted by molar-refractivity contribution is 5.38. The third-order valence-electron chi connectivity index (χ3n) is 3.44. The molecule has 2 rings (SSSR count). The van der Waals surface area contributed by atoms with E-state index in [-0.39, 0.29) is 6.10 Å². The van der Waals surface area contributed by atoms with Crippen LogP contribution in [0.25, 0.3) is 0 Å². The van der Waals surface area contributed by atoms with E-state index in [9.17, 15) is 5.11 Å². The van der Waals surface area contributed by atoms with Crippen molar-refractivity contribution in [2.24, 2.45) is 5.92 Å². The molecule has 2 atom stereocenters. The molecule has 1 saturated carbocycles. The fourth-order valence-corrected chi connectivity index (χ4v) is 2.40. The van der Waals surface area contributed by atoms with Crippen molar-refractivity contribution in [3.05, 3.63) is 11.9 Å². The van der Waals surface area contributed by atoms with Gasteiger partial charge in [-0.3, -0.25) is 0 Å². The molecular formula is C13H21N3O2. The predicted molar refractivity (Wildman–Crippen MR) is 69.8 cm³/mol. The number of aryl methyl sites for hydroxylation is 1. The number of hydrogen-bond acceptors (Lipinski definition) is 5. The average molecular weight is 251 g/mol. The van der Waals surface area contributed by atoms with E-state index in [4.69, 9.17) is 4.74 Å². The molecule has 1 aromatic rings. The number of nitrogens with one attached hydrogen (secondary N) is 1. The Kier molecular flexibility index (Phi) is 4.36. The summed E-state index contributed by atoms with van der Waals surface area (Å²) in [5.41, 5.74) is 0. The first-order valence-electron chi connectivity index (χ1n) is 6.50. The Morgan fingerprint density at radius 2 is 2.17 bits per heavy atom. The van der Waals surface area contributed by atoms with Crippen molar-refractivity contribution in [1.29, 1.82) is 0 Å². The molecule has 1 fully saturated rings.